The smallest absolute Gasteiger partial charge is 0.407 e. The van der Waals surface area contributed by atoms with Crippen LogP contribution >= 0.6 is 0 Å². The van der Waals surface area contributed by atoms with Gasteiger partial charge in [-0.25, -0.2) is 4.79 Å². The molecule has 2 aliphatic rings. The highest BCUT2D eigenvalue weighted by atomic mass is 16.5. The van der Waals surface area contributed by atoms with Gasteiger partial charge in [-0.05, 0) is 41.5 Å². The predicted octanol–water partition coefficient (Wildman–Crippen LogP) is 3.47. The minimum absolute atomic E-state index is 0.0738. The van der Waals surface area contributed by atoms with E-state index in [4.69, 9.17) is 14.6 Å². The van der Waals surface area contributed by atoms with E-state index in [9.17, 15) is 14.4 Å². The summed E-state index contributed by atoms with van der Waals surface area (Å²) in [4.78, 5) is 36.5. The van der Waals surface area contributed by atoms with E-state index in [2.05, 4.69) is 29.3 Å². The second-order valence-corrected chi connectivity index (χ2v) is 8.86. The van der Waals surface area contributed by atoms with Gasteiger partial charge in [0.05, 0.1) is 18.6 Å². The number of allylic oxidation sites excluding steroid dienone is 1. The lowest BCUT2D eigenvalue weighted by Crippen LogP contribution is -2.48. The molecule has 3 atom stereocenters. The molecule has 0 radical (unpaired) electrons. The van der Waals surface area contributed by atoms with Crippen LogP contribution in [0.1, 0.15) is 36.3 Å². The summed E-state index contributed by atoms with van der Waals surface area (Å²) in [7, 11) is 0. The second-order valence-electron chi connectivity index (χ2n) is 8.86. The highest BCUT2D eigenvalue weighted by Crippen LogP contribution is 2.44. The maximum Gasteiger partial charge on any atom is 0.407 e. The minimum Gasteiger partial charge on any atom is -0.481 e. The summed E-state index contributed by atoms with van der Waals surface area (Å²) >= 11 is 0. The number of alkyl carbamates (subject to hydrolysis) is 1. The van der Waals surface area contributed by atoms with Crippen LogP contribution in [-0.4, -0.2) is 55.0 Å². The number of hydrogen-bond donors (Lipinski definition) is 3. The number of carbonyl (C=O) groups excluding carboxylic acids is 2. The van der Waals surface area contributed by atoms with Gasteiger partial charge in [-0.15, -0.1) is 6.58 Å². The summed E-state index contributed by atoms with van der Waals surface area (Å²) in [5.74, 6) is -1.91. The summed E-state index contributed by atoms with van der Waals surface area (Å²) in [5, 5.41) is 14.5. The molecule has 8 nitrogen and oxygen atoms in total. The van der Waals surface area contributed by atoms with Crippen molar-refractivity contribution in [1.82, 2.24) is 10.6 Å². The molecule has 1 aliphatic heterocycles. The topological polar surface area (TPSA) is 114 Å². The minimum atomic E-state index is -0.903. The van der Waals surface area contributed by atoms with E-state index in [1.165, 1.54) is 0 Å². The average Bonchev–Trinajstić information content (AvgIpc) is 3.47. The number of rotatable bonds is 10. The first-order chi connectivity index (χ1) is 17.0. The van der Waals surface area contributed by atoms with Crippen molar-refractivity contribution in [3.8, 4) is 11.1 Å². The molecule has 0 bridgehead atoms. The molecule has 2 amide bonds. The van der Waals surface area contributed by atoms with Gasteiger partial charge in [-0.2, -0.15) is 0 Å². The van der Waals surface area contributed by atoms with Crippen molar-refractivity contribution in [3.05, 3.63) is 72.3 Å². The zero-order valence-corrected chi connectivity index (χ0v) is 19.4. The van der Waals surface area contributed by atoms with Crippen molar-refractivity contribution in [3.63, 3.8) is 0 Å². The molecule has 3 N–H and O–H groups in total. The van der Waals surface area contributed by atoms with E-state index in [0.29, 0.717) is 19.3 Å². The fraction of sp³-hybridized carbons (Fsp3) is 0.370. The zero-order chi connectivity index (χ0) is 24.8. The Labute approximate surface area is 204 Å². The van der Waals surface area contributed by atoms with Gasteiger partial charge in [0.25, 0.3) is 0 Å². The number of nitrogens with one attached hydrogen (secondary N) is 2. The number of carbonyl (C=O) groups is 3. The Bertz CT molecular complexity index is 1060. The largest absolute Gasteiger partial charge is 0.481 e. The van der Waals surface area contributed by atoms with Crippen molar-refractivity contribution in [2.45, 2.75) is 37.3 Å². The van der Waals surface area contributed by atoms with Crippen LogP contribution in [0.2, 0.25) is 0 Å². The standard InChI is InChI=1S/C27H30N2O6/c1-2-3-12-24(25(30)28-14-18-13-17(15-34-18)26(31)32)29-27(33)35-16-23-21-10-6-4-8-19(21)20-9-5-7-11-22(20)23/h2,4-11,17-18,23-24H,1,3,12-16H2,(H,28,30)(H,29,33)(H,31,32)/t17-,18-,24?/m1/s1. The molecule has 2 aromatic rings. The second kappa shape index (κ2) is 11.2. The van der Waals surface area contributed by atoms with Gasteiger partial charge < -0.3 is 25.2 Å². The van der Waals surface area contributed by atoms with Crippen molar-refractivity contribution < 1.29 is 29.0 Å². The molecule has 2 aromatic carbocycles. The molecule has 8 heteroatoms. The molecule has 184 valence electrons. The maximum absolute atomic E-state index is 12.8. The molecule has 4 rings (SSSR count). The van der Waals surface area contributed by atoms with Crippen LogP contribution in [0.15, 0.2) is 61.2 Å². The van der Waals surface area contributed by atoms with E-state index in [0.717, 1.165) is 22.3 Å². The Kier molecular flexibility index (Phi) is 7.82. The van der Waals surface area contributed by atoms with E-state index < -0.39 is 24.0 Å². The molecule has 0 aromatic heterocycles. The molecular formula is C27H30N2O6. The van der Waals surface area contributed by atoms with E-state index in [-0.39, 0.29) is 37.7 Å². The normalized spacial score (nSPS) is 19.3. The lowest BCUT2D eigenvalue weighted by atomic mass is 9.98. The summed E-state index contributed by atoms with van der Waals surface area (Å²) in [6.45, 7) is 4.15. The van der Waals surface area contributed by atoms with Gasteiger partial charge in [-0.3, -0.25) is 9.59 Å². The van der Waals surface area contributed by atoms with Crippen LogP contribution in [0, 0.1) is 5.92 Å². The van der Waals surface area contributed by atoms with Gasteiger partial charge in [0.2, 0.25) is 5.91 Å². The highest BCUT2D eigenvalue weighted by molar-refractivity contribution is 5.85. The first-order valence-electron chi connectivity index (χ1n) is 11.8. The molecular weight excluding hydrogens is 448 g/mol. The molecule has 1 heterocycles. The number of benzene rings is 2. The summed E-state index contributed by atoms with van der Waals surface area (Å²) in [6.07, 6.45) is 1.88. The molecule has 0 spiro atoms. The predicted molar refractivity (Wildman–Crippen MR) is 130 cm³/mol. The Morgan fingerprint density at radius 2 is 1.77 bits per heavy atom. The van der Waals surface area contributed by atoms with Crippen LogP contribution in [0.25, 0.3) is 11.1 Å². The molecule has 1 saturated heterocycles. The average molecular weight is 479 g/mol. The third kappa shape index (κ3) is 5.71. The van der Waals surface area contributed by atoms with Crippen LogP contribution in [0.3, 0.4) is 0 Å². The number of hydrogen-bond acceptors (Lipinski definition) is 5. The number of fused-ring (bicyclic) bond motifs is 3. The molecule has 1 fully saturated rings. The lowest BCUT2D eigenvalue weighted by Gasteiger charge is -2.20. The summed E-state index contributed by atoms with van der Waals surface area (Å²) in [6, 6.07) is 15.3. The number of amides is 2. The Balaban J connectivity index is 1.33. The third-order valence-electron chi connectivity index (χ3n) is 6.55. The van der Waals surface area contributed by atoms with Gasteiger partial charge in [0.15, 0.2) is 0 Å². The van der Waals surface area contributed by atoms with Crippen LogP contribution in [0.4, 0.5) is 4.79 Å². The van der Waals surface area contributed by atoms with Crippen LogP contribution in [-0.2, 0) is 19.1 Å². The van der Waals surface area contributed by atoms with Crippen LogP contribution < -0.4 is 10.6 Å². The quantitative estimate of drug-likeness (QED) is 0.451. The van der Waals surface area contributed by atoms with E-state index in [1.54, 1.807) is 6.08 Å². The SMILES string of the molecule is C=CCCC(NC(=O)OCC1c2ccccc2-c2ccccc21)C(=O)NC[C@H]1C[C@@H](C(=O)O)CO1. The van der Waals surface area contributed by atoms with Gasteiger partial charge in [-0.1, -0.05) is 54.6 Å². The van der Waals surface area contributed by atoms with E-state index >= 15 is 0 Å². The van der Waals surface area contributed by atoms with Crippen molar-refractivity contribution in [1.29, 1.82) is 0 Å². The van der Waals surface area contributed by atoms with E-state index in [1.807, 2.05) is 36.4 Å². The monoisotopic (exact) mass is 478 g/mol. The molecule has 35 heavy (non-hydrogen) atoms. The number of ether oxygens (including phenoxy) is 2. The number of carboxylic acids is 1. The molecule has 0 saturated carbocycles. The van der Waals surface area contributed by atoms with Crippen LogP contribution in [0.5, 0.6) is 0 Å². The molecule has 1 aliphatic carbocycles. The molecule has 1 unspecified atom stereocenters. The zero-order valence-electron chi connectivity index (χ0n) is 19.4. The first kappa shape index (κ1) is 24.5. The van der Waals surface area contributed by atoms with Gasteiger partial charge in [0.1, 0.15) is 12.6 Å². The number of carboxylic acid groups (broad SMARTS) is 1. The Morgan fingerprint density at radius 3 is 2.37 bits per heavy atom. The van der Waals surface area contributed by atoms with Crippen molar-refractivity contribution in [2.75, 3.05) is 19.8 Å². The Morgan fingerprint density at radius 1 is 1.11 bits per heavy atom. The van der Waals surface area contributed by atoms with Gasteiger partial charge in [0, 0.05) is 12.5 Å². The fourth-order valence-corrected chi connectivity index (χ4v) is 4.69. The van der Waals surface area contributed by atoms with Gasteiger partial charge >= 0.3 is 12.1 Å². The fourth-order valence-electron chi connectivity index (χ4n) is 4.69. The maximum atomic E-state index is 12.8. The third-order valence-corrected chi connectivity index (χ3v) is 6.55. The highest BCUT2D eigenvalue weighted by Gasteiger charge is 2.32. The summed E-state index contributed by atoms with van der Waals surface area (Å²) in [5.41, 5.74) is 4.50. The van der Waals surface area contributed by atoms with Crippen molar-refractivity contribution >= 4 is 18.0 Å². The summed E-state index contributed by atoms with van der Waals surface area (Å²) < 4.78 is 11.0. The van der Waals surface area contributed by atoms with Crippen molar-refractivity contribution in [2.24, 2.45) is 5.92 Å². The lowest BCUT2D eigenvalue weighted by molar-refractivity contribution is -0.141. The first-order valence-corrected chi connectivity index (χ1v) is 11.8. The Hall–Kier alpha value is -3.65. The number of aliphatic carboxylic acids is 1.